The van der Waals surface area contributed by atoms with Crippen LogP contribution in [0.2, 0.25) is 0 Å². The van der Waals surface area contributed by atoms with Gasteiger partial charge in [-0.05, 0) is 24.3 Å². The number of anilines is 1. The number of carbonyl (C=O) groups excluding carboxylic acids is 1. The van der Waals surface area contributed by atoms with E-state index < -0.39 is 12.2 Å². The zero-order chi connectivity index (χ0) is 17.8. The van der Waals surface area contributed by atoms with Gasteiger partial charge in [0, 0.05) is 18.4 Å². The van der Waals surface area contributed by atoms with Crippen molar-refractivity contribution in [2.45, 2.75) is 30.9 Å². The Balaban J connectivity index is 1.28. The molecule has 1 aromatic heterocycles. The smallest absolute Gasteiger partial charge is 0.412 e. The standard InChI is InChI=1S/C19H21N3O4/c23-19(22-13-6-2-1-3-7-13)26-16-12-25-17-15(11-24-18(16)17)21-10-14-8-4-5-9-20-14/h1-9,15-18,21H,10-12H2,(H,22,23). The highest BCUT2D eigenvalue weighted by molar-refractivity contribution is 5.84. The number of ether oxygens (including phenoxy) is 3. The summed E-state index contributed by atoms with van der Waals surface area (Å²) in [5.74, 6) is 0. The number of nitrogens with one attached hydrogen (secondary N) is 2. The van der Waals surface area contributed by atoms with Crippen LogP contribution in [0.15, 0.2) is 54.7 Å². The van der Waals surface area contributed by atoms with Crippen LogP contribution in [0.25, 0.3) is 0 Å². The van der Waals surface area contributed by atoms with Gasteiger partial charge in [0.2, 0.25) is 0 Å². The molecule has 7 nitrogen and oxygen atoms in total. The lowest BCUT2D eigenvalue weighted by molar-refractivity contribution is 0.00854. The van der Waals surface area contributed by atoms with Crippen LogP contribution in [-0.4, -0.2) is 48.6 Å². The van der Waals surface area contributed by atoms with Gasteiger partial charge in [0.15, 0.2) is 6.10 Å². The van der Waals surface area contributed by atoms with Gasteiger partial charge < -0.3 is 19.5 Å². The number of carbonyl (C=O) groups is 1. The summed E-state index contributed by atoms with van der Waals surface area (Å²) in [6.45, 7) is 1.49. The first kappa shape index (κ1) is 17.0. The van der Waals surface area contributed by atoms with E-state index in [1.807, 2.05) is 36.4 Å². The fourth-order valence-corrected chi connectivity index (χ4v) is 3.28. The number of rotatable bonds is 5. The highest BCUT2D eigenvalue weighted by Gasteiger charge is 2.49. The molecular weight excluding hydrogens is 334 g/mol. The van der Waals surface area contributed by atoms with Crippen LogP contribution in [0, 0.1) is 0 Å². The number of hydrogen-bond donors (Lipinski definition) is 2. The molecule has 136 valence electrons. The lowest BCUT2D eigenvalue weighted by atomic mass is 10.1. The van der Waals surface area contributed by atoms with Gasteiger partial charge in [-0.25, -0.2) is 4.79 Å². The number of para-hydroxylation sites is 1. The highest BCUT2D eigenvalue weighted by Crippen LogP contribution is 2.29. The second-order valence-corrected chi connectivity index (χ2v) is 6.34. The topological polar surface area (TPSA) is 81.7 Å². The van der Waals surface area contributed by atoms with Gasteiger partial charge in [-0.1, -0.05) is 24.3 Å². The van der Waals surface area contributed by atoms with Gasteiger partial charge in [0.25, 0.3) is 0 Å². The number of aromatic nitrogens is 1. The lowest BCUT2D eigenvalue weighted by Crippen LogP contribution is -2.41. The van der Waals surface area contributed by atoms with Crippen molar-refractivity contribution in [1.82, 2.24) is 10.3 Å². The second-order valence-electron chi connectivity index (χ2n) is 6.34. The van der Waals surface area contributed by atoms with Crippen LogP contribution in [0.3, 0.4) is 0 Å². The Morgan fingerprint density at radius 2 is 1.88 bits per heavy atom. The summed E-state index contributed by atoms with van der Waals surface area (Å²) >= 11 is 0. The number of hydrogen-bond acceptors (Lipinski definition) is 6. The molecule has 2 aliphatic rings. The summed E-state index contributed by atoms with van der Waals surface area (Å²) < 4.78 is 17.2. The van der Waals surface area contributed by atoms with Crippen LogP contribution in [0.4, 0.5) is 10.5 Å². The van der Waals surface area contributed by atoms with Crippen molar-refractivity contribution in [3.63, 3.8) is 0 Å². The molecule has 3 heterocycles. The largest absolute Gasteiger partial charge is 0.441 e. The minimum Gasteiger partial charge on any atom is -0.441 e. The number of nitrogens with zero attached hydrogens (tertiary/aromatic N) is 1. The Morgan fingerprint density at radius 1 is 1.08 bits per heavy atom. The normalized spacial score (nSPS) is 27.1. The minimum atomic E-state index is -0.501. The molecule has 0 radical (unpaired) electrons. The molecular formula is C19H21N3O4. The Labute approximate surface area is 151 Å². The summed E-state index contributed by atoms with van der Waals surface area (Å²) in [6.07, 6.45) is 0.474. The van der Waals surface area contributed by atoms with Gasteiger partial charge in [0.1, 0.15) is 12.2 Å². The third kappa shape index (κ3) is 3.85. The maximum atomic E-state index is 12.1. The molecule has 0 aliphatic carbocycles. The Kier molecular flexibility index (Phi) is 5.10. The highest BCUT2D eigenvalue weighted by atomic mass is 16.6. The Bertz CT molecular complexity index is 728. The molecule has 26 heavy (non-hydrogen) atoms. The minimum absolute atomic E-state index is 0.0489. The number of amides is 1. The molecule has 0 saturated carbocycles. The van der Waals surface area contributed by atoms with Gasteiger partial charge in [-0.2, -0.15) is 0 Å². The predicted molar refractivity (Wildman–Crippen MR) is 94.7 cm³/mol. The Morgan fingerprint density at radius 3 is 2.69 bits per heavy atom. The molecule has 0 bridgehead atoms. The van der Waals surface area contributed by atoms with Crippen molar-refractivity contribution in [1.29, 1.82) is 0 Å². The van der Waals surface area contributed by atoms with E-state index in [9.17, 15) is 4.79 Å². The maximum Gasteiger partial charge on any atom is 0.412 e. The summed E-state index contributed by atoms with van der Waals surface area (Å²) in [5.41, 5.74) is 1.65. The molecule has 4 atom stereocenters. The van der Waals surface area contributed by atoms with Gasteiger partial charge >= 0.3 is 6.09 Å². The number of benzene rings is 1. The second kappa shape index (κ2) is 7.82. The van der Waals surface area contributed by atoms with Crippen LogP contribution < -0.4 is 10.6 Å². The zero-order valence-electron chi connectivity index (χ0n) is 14.2. The molecule has 1 amide bonds. The molecule has 4 rings (SSSR count). The summed E-state index contributed by atoms with van der Waals surface area (Å²) in [5, 5.41) is 6.12. The Hall–Kier alpha value is -2.48. The van der Waals surface area contributed by atoms with Crippen molar-refractivity contribution in [3.05, 3.63) is 60.4 Å². The monoisotopic (exact) mass is 355 g/mol. The maximum absolute atomic E-state index is 12.1. The van der Waals surface area contributed by atoms with Gasteiger partial charge in [-0.3, -0.25) is 10.3 Å². The van der Waals surface area contributed by atoms with E-state index in [4.69, 9.17) is 14.2 Å². The van der Waals surface area contributed by atoms with Crippen molar-refractivity contribution < 1.29 is 19.0 Å². The number of fused-ring (bicyclic) bond motifs is 1. The van der Waals surface area contributed by atoms with E-state index in [0.29, 0.717) is 25.4 Å². The van der Waals surface area contributed by atoms with Crippen LogP contribution >= 0.6 is 0 Å². The number of pyridine rings is 1. The van der Waals surface area contributed by atoms with Crippen LogP contribution in [-0.2, 0) is 20.8 Å². The fourth-order valence-electron chi connectivity index (χ4n) is 3.28. The molecule has 4 unspecified atom stereocenters. The molecule has 2 N–H and O–H groups in total. The average Bonchev–Trinajstić information content (AvgIpc) is 3.25. The molecule has 2 aliphatic heterocycles. The van der Waals surface area contributed by atoms with E-state index in [1.54, 1.807) is 18.3 Å². The van der Waals surface area contributed by atoms with Crippen molar-refractivity contribution in [3.8, 4) is 0 Å². The first-order valence-electron chi connectivity index (χ1n) is 8.69. The van der Waals surface area contributed by atoms with E-state index in [0.717, 1.165) is 5.69 Å². The van der Waals surface area contributed by atoms with Crippen LogP contribution in [0.1, 0.15) is 5.69 Å². The predicted octanol–water partition coefficient (Wildman–Crippen LogP) is 1.95. The zero-order valence-corrected chi connectivity index (χ0v) is 14.2. The van der Waals surface area contributed by atoms with Gasteiger partial charge in [0.05, 0.1) is 24.9 Å². The average molecular weight is 355 g/mol. The molecule has 2 aromatic rings. The molecule has 2 saturated heterocycles. The van der Waals surface area contributed by atoms with E-state index in [-0.39, 0.29) is 18.2 Å². The molecule has 0 spiro atoms. The van der Waals surface area contributed by atoms with Crippen molar-refractivity contribution >= 4 is 11.8 Å². The third-order valence-electron chi connectivity index (χ3n) is 4.56. The lowest BCUT2D eigenvalue weighted by Gasteiger charge is -2.18. The first-order chi connectivity index (χ1) is 12.8. The summed E-state index contributed by atoms with van der Waals surface area (Å²) in [7, 11) is 0. The van der Waals surface area contributed by atoms with Crippen molar-refractivity contribution in [2.24, 2.45) is 0 Å². The summed E-state index contributed by atoms with van der Waals surface area (Å²) in [6, 6.07) is 15.1. The van der Waals surface area contributed by atoms with Gasteiger partial charge in [-0.15, -0.1) is 0 Å². The molecule has 7 heteroatoms. The van der Waals surface area contributed by atoms with E-state index in [2.05, 4.69) is 15.6 Å². The van der Waals surface area contributed by atoms with E-state index in [1.165, 1.54) is 0 Å². The molecule has 1 aromatic carbocycles. The van der Waals surface area contributed by atoms with Crippen LogP contribution in [0.5, 0.6) is 0 Å². The SMILES string of the molecule is O=C(Nc1ccccc1)OC1COC2C(NCc3ccccn3)COC12. The quantitative estimate of drug-likeness (QED) is 0.853. The molecule has 2 fully saturated rings. The summed E-state index contributed by atoms with van der Waals surface area (Å²) in [4.78, 5) is 16.4. The fraction of sp³-hybridized carbons (Fsp3) is 0.368. The third-order valence-corrected chi connectivity index (χ3v) is 4.56. The van der Waals surface area contributed by atoms with E-state index >= 15 is 0 Å². The van der Waals surface area contributed by atoms with Crippen molar-refractivity contribution in [2.75, 3.05) is 18.5 Å². The first-order valence-corrected chi connectivity index (χ1v) is 8.69.